The number of nitrogens with one attached hydrogen (secondary N) is 1. The number of benzene rings is 2. The molecule has 2 aliphatic rings. The molecule has 1 aromatic heterocycles. The number of halogens is 2. The predicted octanol–water partition coefficient (Wildman–Crippen LogP) is 4.80. The maximum absolute atomic E-state index is 13.3. The number of carbonyl (C=O) groups is 3. The smallest absolute Gasteiger partial charge is 0.336 e. The number of hydrogen-bond acceptors (Lipinski definition) is 5. The molecule has 1 fully saturated rings. The zero-order chi connectivity index (χ0) is 24.1. The van der Waals surface area contributed by atoms with E-state index in [1.807, 2.05) is 42.7 Å². The molecule has 0 spiro atoms. The van der Waals surface area contributed by atoms with Crippen LogP contribution in [-0.2, 0) is 9.59 Å². The molecule has 1 saturated heterocycles. The summed E-state index contributed by atoms with van der Waals surface area (Å²) in [5.41, 5.74) is 3.01. The molecule has 10 heteroatoms. The normalized spacial score (nSPS) is 16.4. The van der Waals surface area contributed by atoms with E-state index in [1.165, 1.54) is 18.2 Å². The maximum atomic E-state index is 13.3. The van der Waals surface area contributed by atoms with Gasteiger partial charge in [0.05, 0.1) is 15.7 Å². The number of urea groups is 1. The first kappa shape index (κ1) is 22.1. The van der Waals surface area contributed by atoms with E-state index in [2.05, 4.69) is 5.32 Å². The van der Waals surface area contributed by atoms with Crippen LogP contribution in [-0.4, -0.2) is 29.2 Å². The van der Waals surface area contributed by atoms with Crippen molar-refractivity contribution >= 4 is 52.8 Å². The van der Waals surface area contributed by atoms with E-state index < -0.39 is 17.8 Å². The van der Waals surface area contributed by atoms with Gasteiger partial charge in [-0.15, -0.1) is 0 Å². The summed E-state index contributed by atoms with van der Waals surface area (Å²) in [5.74, 6) is -0.287. The van der Waals surface area contributed by atoms with Gasteiger partial charge in [-0.3, -0.25) is 14.9 Å². The van der Waals surface area contributed by atoms with Crippen LogP contribution in [0.5, 0.6) is 11.5 Å². The molecule has 0 atom stereocenters. The van der Waals surface area contributed by atoms with Crippen molar-refractivity contribution in [3.63, 3.8) is 0 Å². The number of barbiturate groups is 1. The topological polar surface area (TPSA) is 89.9 Å². The van der Waals surface area contributed by atoms with Gasteiger partial charge in [0.15, 0.2) is 11.5 Å². The van der Waals surface area contributed by atoms with Gasteiger partial charge in [-0.1, -0.05) is 29.3 Å². The van der Waals surface area contributed by atoms with Gasteiger partial charge >= 0.3 is 6.03 Å². The number of imide groups is 2. The number of fused-ring (bicyclic) bond motifs is 1. The molecule has 172 valence electrons. The van der Waals surface area contributed by atoms with E-state index in [1.54, 1.807) is 6.07 Å². The van der Waals surface area contributed by atoms with Crippen LogP contribution in [0, 0.1) is 13.8 Å². The molecule has 2 aromatic carbocycles. The monoisotopic (exact) mass is 497 g/mol. The first-order valence-electron chi connectivity index (χ1n) is 10.2. The number of nitrogens with zero attached hydrogens (tertiary/aromatic N) is 2. The second-order valence-electron chi connectivity index (χ2n) is 7.73. The molecular weight excluding hydrogens is 481 g/mol. The number of ether oxygens (including phenoxy) is 2. The third-order valence-corrected chi connectivity index (χ3v) is 6.47. The first-order chi connectivity index (χ1) is 16.3. The summed E-state index contributed by atoms with van der Waals surface area (Å²) >= 11 is 12.3. The van der Waals surface area contributed by atoms with Gasteiger partial charge in [-0.05, 0) is 55.8 Å². The zero-order valence-electron chi connectivity index (χ0n) is 18.0. The van der Waals surface area contributed by atoms with Gasteiger partial charge in [0, 0.05) is 23.1 Å². The quantitative estimate of drug-likeness (QED) is 0.414. The summed E-state index contributed by atoms with van der Waals surface area (Å²) in [7, 11) is 0. The lowest BCUT2D eigenvalue weighted by atomic mass is 10.1. The van der Waals surface area contributed by atoms with Gasteiger partial charge in [0.25, 0.3) is 11.8 Å². The second kappa shape index (κ2) is 8.23. The number of rotatable bonds is 3. The minimum absolute atomic E-state index is 0.0300. The second-order valence-corrected chi connectivity index (χ2v) is 8.52. The Labute approximate surface area is 204 Å². The summed E-state index contributed by atoms with van der Waals surface area (Å²) in [6.07, 6.45) is 1.46. The highest BCUT2D eigenvalue weighted by Crippen LogP contribution is 2.36. The Balaban J connectivity index is 1.56. The third kappa shape index (κ3) is 3.52. The fourth-order valence-electron chi connectivity index (χ4n) is 4.05. The summed E-state index contributed by atoms with van der Waals surface area (Å²) < 4.78 is 12.8. The van der Waals surface area contributed by atoms with Crippen molar-refractivity contribution in [2.75, 3.05) is 11.7 Å². The van der Waals surface area contributed by atoms with Gasteiger partial charge in [-0.2, -0.15) is 0 Å². The minimum atomic E-state index is -0.901. The highest BCUT2D eigenvalue weighted by Gasteiger charge is 2.38. The van der Waals surface area contributed by atoms with Crippen LogP contribution in [0.25, 0.3) is 11.8 Å². The molecule has 0 bridgehead atoms. The molecular formula is C24H17Cl2N3O5. The van der Waals surface area contributed by atoms with Gasteiger partial charge < -0.3 is 14.0 Å². The molecule has 0 aliphatic carbocycles. The fourth-order valence-corrected chi connectivity index (χ4v) is 4.43. The lowest BCUT2D eigenvalue weighted by Crippen LogP contribution is -2.54. The Morgan fingerprint density at radius 3 is 2.56 bits per heavy atom. The van der Waals surface area contributed by atoms with E-state index in [0.717, 1.165) is 22.0 Å². The fraction of sp³-hybridized carbons (Fsp3) is 0.125. The van der Waals surface area contributed by atoms with Gasteiger partial charge in [0.1, 0.15) is 5.57 Å². The molecule has 3 aromatic rings. The average Bonchev–Trinajstić information content (AvgIpc) is 3.37. The summed E-state index contributed by atoms with van der Waals surface area (Å²) in [6, 6.07) is 11.1. The maximum Gasteiger partial charge on any atom is 0.336 e. The Hall–Kier alpha value is -3.75. The number of anilines is 1. The van der Waals surface area contributed by atoms with E-state index in [4.69, 9.17) is 32.7 Å². The minimum Gasteiger partial charge on any atom is -0.454 e. The molecule has 8 nitrogen and oxygen atoms in total. The summed E-state index contributed by atoms with van der Waals surface area (Å²) in [6.45, 7) is 3.94. The van der Waals surface area contributed by atoms with Crippen molar-refractivity contribution < 1.29 is 23.9 Å². The van der Waals surface area contributed by atoms with Gasteiger partial charge in [-0.25, -0.2) is 9.69 Å². The van der Waals surface area contributed by atoms with E-state index in [-0.39, 0.29) is 28.1 Å². The Morgan fingerprint density at radius 2 is 1.76 bits per heavy atom. The van der Waals surface area contributed by atoms with Crippen molar-refractivity contribution in [1.82, 2.24) is 9.88 Å². The third-order valence-electron chi connectivity index (χ3n) is 5.66. The molecule has 1 N–H and O–H groups in total. The van der Waals surface area contributed by atoms with E-state index >= 15 is 0 Å². The predicted molar refractivity (Wildman–Crippen MR) is 127 cm³/mol. The van der Waals surface area contributed by atoms with Crippen LogP contribution in [0.3, 0.4) is 0 Å². The summed E-state index contributed by atoms with van der Waals surface area (Å²) in [5, 5.41) is 2.40. The average molecular weight is 498 g/mol. The number of carbonyl (C=O) groups excluding carboxylic acids is 3. The number of hydrogen-bond donors (Lipinski definition) is 1. The van der Waals surface area contributed by atoms with Crippen molar-refractivity contribution in [2.45, 2.75) is 13.8 Å². The van der Waals surface area contributed by atoms with Crippen molar-refractivity contribution in [2.24, 2.45) is 0 Å². The number of amides is 4. The Bertz CT molecular complexity index is 1430. The van der Waals surface area contributed by atoms with E-state index in [9.17, 15) is 14.4 Å². The highest BCUT2D eigenvalue weighted by molar-refractivity contribution is 6.46. The lowest BCUT2D eigenvalue weighted by Gasteiger charge is -2.27. The molecule has 34 heavy (non-hydrogen) atoms. The molecule has 4 amide bonds. The van der Waals surface area contributed by atoms with Crippen molar-refractivity contribution in [3.8, 4) is 17.2 Å². The summed E-state index contributed by atoms with van der Waals surface area (Å²) in [4.78, 5) is 39.2. The Morgan fingerprint density at radius 1 is 1.00 bits per heavy atom. The molecule has 0 radical (unpaired) electrons. The standard InChI is InChI=1S/C24H17Cl2N3O5/c1-12-8-14(13(2)28(12)15-6-7-19-20(10-15)34-11-33-19)9-16-22(30)27-24(32)29(23(16)31)18-5-3-4-17(25)21(18)26/h3-10H,11H2,1-2H3,(H,27,30,32)/b16-9-. The largest absolute Gasteiger partial charge is 0.454 e. The van der Waals surface area contributed by atoms with Crippen molar-refractivity contribution in [1.29, 1.82) is 0 Å². The van der Waals surface area contributed by atoms with Crippen LogP contribution in [0.4, 0.5) is 10.5 Å². The van der Waals surface area contributed by atoms with Crippen LogP contribution >= 0.6 is 23.2 Å². The van der Waals surface area contributed by atoms with Crippen LogP contribution in [0.15, 0.2) is 48.0 Å². The Kier molecular flexibility index (Phi) is 5.34. The van der Waals surface area contributed by atoms with Crippen LogP contribution in [0.1, 0.15) is 17.0 Å². The zero-order valence-corrected chi connectivity index (χ0v) is 19.5. The van der Waals surface area contributed by atoms with Crippen LogP contribution < -0.4 is 19.7 Å². The molecule has 3 heterocycles. The molecule has 2 aliphatic heterocycles. The highest BCUT2D eigenvalue weighted by atomic mass is 35.5. The van der Waals surface area contributed by atoms with Crippen molar-refractivity contribution in [3.05, 3.63) is 75.0 Å². The number of aryl methyl sites for hydroxylation is 1. The van der Waals surface area contributed by atoms with Gasteiger partial charge in [0.2, 0.25) is 6.79 Å². The van der Waals surface area contributed by atoms with Crippen LogP contribution in [0.2, 0.25) is 10.0 Å². The van der Waals surface area contributed by atoms with E-state index in [0.29, 0.717) is 17.1 Å². The SMILES string of the molecule is Cc1cc(/C=C2/C(=O)NC(=O)N(c3cccc(Cl)c3Cl)C2=O)c(C)n1-c1ccc2c(c1)OCO2. The lowest BCUT2D eigenvalue weighted by molar-refractivity contribution is -0.122. The molecule has 0 unspecified atom stereocenters. The molecule has 0 saturated carbocycles. The first-order valence-corrected chi connectivity index (χ1v) is 11.0. The number of aromatic nitrogens is 1. The molecule has 5 rings (SSSR count).